The van der Waals surface area contributed by atoms with E-state index in [1.165, 1.54) is 0 Å². The lowest BCUT2D eigenvalue weighted by molar-refractivity contribution is 0.0689. The van der Waals surface area contributed by atoms with Crippen LogP contribution in [-0.2, 0) is 0 Å². The van der Waals surface area contributed by atoms with Gasteiger partial charge in [0.2, 0.25) is 0 Å². The normalized spacial score (nSPS) is 23.5. The van der Waals surface area contributed by atoms with Gasteiger partial charge in [-0.3, -0.25) is 9.69 Å². The highest BCUT2D eigenvalue weighted by atomic mass is 16.3. The van der Waals surface area contributed by atoms with E-state index in [9.17, 15) is 14.7 Å². The Morgan fingerprint density at radius 3 is 2.70 bits per heavy atom. The van der Waals surface area contributed by atoms with Crippen molar-refractivity contribution in [1.82, 2.24) is 15.1 Å². The Labute approximate surface area is 160 Å². The highest BCUT2D eigenvalue weighted by Crippen LogP contribution is 2.26. The highest BCUT2D eigenvalue weighted by molar-refractivity contribution is 5.99. The number of rotatable bonds is 4. The van der Waals surface area contributed by atoms with Crippen LogP contribution >= 0.6 is 0 Å². The molecular formula is C20H30N4O3. The van der Waals surface area contributed by atoms with E-state index >= 15 is 0 Å². The number of likely N-dealkylation sites (N-methyl/N-ethyl adjacent to an activating group) is 1. The molecule has 2 saturated heterocycles. The molecule has 0 radical (unpaired) electrons. The molecule has 148 valence electrons. The molecule has 27 heavy (non-hydrogen) atoms. The minimum atomic E-state index is -0.120. The average Bonchev–Trinajstić information content (AvgIpc) is 2.95. The van der Waals surface area contributed by atoms with Crippen molar-refractivity contribution in [1.29, 1.82) is 0 Å². The average molecular weight is 374 g/mol. The third-order valence-corrected chi connectivity index (χ3v) is 5.70. The summed E-state index contributed by atoms with van der Waals surface area (Å²) >= 11 is 0. The molecule has 3 rings (SSSR count). The van der Waals surface area contributed by atoms with Crippen LogP contribution in [0.2, 0.25) is 0 Å². The Morgan fingerprint density at radius 2 is 2.07 bits per heavy atom. The molecule has 0 aliphatic carbocycles. The van der Waals surface area contributed by atoms with E-state index in [0.29, 0.717) is 31.7 Å². The molecule has 2 aliphatic rings. The molecule has 2 aliphatic heterocycles. The molecule has 0 unspecified atom stereocenters. The fraction of sp³-hybridized carbons (Fsp3) is 0.600. The maximum atomic E-state index is 13.2. The lowest BCUT2D eigenvalue weighted by Crippen LogP contribution is -2.42. The fourth-order valence-corrected chi connectivity index (χ4v) is 3.90. The number of urea groups is 1. The number of carbonyl (C=O) groups excluding carboxylic acids is 2. The number of amides is 3. The second-order valence-electron chi connectivity index (χ2n) is 7.84. The Morgan fingerprint density at radius 1 is 1.30 bits per heavy atom. The first-order valence-electron chi connectivity index (χ1n) is 9.63. The zero-order chi connectivity index (χ0) is 19.6. The maximum absolute atomic E-state index is 13.2. The Kier molecular flexibility index (Phi) is 6.01. The van der Waals surface area contributed by atoms with E-state index in [-0.39, 0.29) is 30.5 Å². The van der Waals surface area contributed by atoms with Crippen LogP contribution in [0.15, 0.2) is 18.2 Å². The Hall–Kier alpha value is -2.12. The summed E-state index contributed by atoms with van der Waals surface area (Å²) in [6, 6.07) is 5.72. The summed E-state index contributed by atoms with van der Waals surface area (Å²) in [5.41, 5.74) is 2.35. The second-order valence-corrected chi connectivity index (χ2v) is 7.84. The van der Waals surface area contributed by atoms with Gasteiger partial charge in [-0.1, -0.05) is 6.07 Å². The highest BCUT2D eigenvalue weighted by Gasteiger charge is 2.29. The number of anilines is 1. The van der Waals surface area contributed by atoms with Gasteiger partial charge in [0, 0.05) is 50.1 Å². The van der Waals surface area contributed by atoms with Crippen LogP contribution in [0.25, 0.3) is 0 Å². The largest absolute Gasteiger partial charge is 0.396 e. The number of nitrogens with one attached hydrogen (secondary N) is 1. The molecular weight excluding hydrogens is 344 g/mol. The minimum absolute atomic E-state index is 0.0388. The number of carbonyl (C=O) groups is 2. The molecule has 0 aromatic heterocycles. The van der Waals surface area contributed by atoms with Crippen LogP contribution in [0.4, 0.5) is 10.5 Å². The van der Waals surface area contributed by atoms with Crippen LogP contribution in [0.1, 0.15) is 28.8 Å². The smallest absolute Gasteiger partial charge is 0.322 e. The van der Waals surface area contributed by atoms with E-state index < -0.39 is 0 Å². The summed E-state index contributed by atoms with van der Waals surface area (Å²) in [6.07, 6.45) is 1.88. The molecule has 0 spiro atoms. The third-order valence-electron chi connectivity index (χ3n) is 5.70. The van der Waals surface area contributed by atoms with Gasteiger partial charge in [-0.25, -0.2) is 4.79 Å². The number of aryl methyl sites for hydroxylation is 1. The van der Waals surface area contributed by atoms with E-state index in [2.05, 4.69) is 10.2 Å². The molecule has 2 atom stereocenters. The predicted molar refractivity (Wildman–Crippen MR) is 105 cm³/mol. The third kappa shape index (κ3) is 4.25. The van der Waals surface area contributed by atoms with E-state index in [4.69, 9.17) is 0 Å². The van der Waals surface area contributed by atoms with Gasteiger partial charge in [0.1, 0.15) is 0 Å². The zero-order valence-corrected chi connectivity index (χ0v) is 16.4. The first-order valence-corrected chi connectivity index (χ1v) is 9.63. The molecule has 0 bridgehead atoms. The van der Waals surface area contributed by atoms with Crippen molar-refractivity contribution in [2.45, 2.75) is 25.8 Å². The molecule has 0 saturated carbocycles. The van der Waals surface area contributed by atoms with Crippen molar-refractivity contribution in [2.75, 3.05) is 51.8 Å². The SMILES string of the molecule is Cc1ccc(C(=O)N2C[C@@H](CO)CC[C@@H](N(C)C)C2)cc1N1CCNC1=O. The first kappa shape index (κ1) is 19.6. The van der Waals surface area contributed by atoms with Crippen molar-refractivity contribution in [3.63, 3.8) is 0 Å². The molecule has 2 fully saturated rings. The van der Waals surface area contributed by atoms with E-state index in [0.717, 1.165) is 24.1 Å². The molecule has 2 heterocycles. The van der Waals surface area contributed by atoms with Crippen molar-refractivity contribution in [3.8, 4) is 0 Å². The second kappa shape index (κ2) is 8.27. The van der Waals surface area contributed by atoms with Crippen molar-refractivity contribution < 1.29 is 14.7 Å². The predicted octanol–water partition coefficient (Wildman–Crippen LogP) is 1.30. The molecule has 3 amide bonds. The minimum Gasteiger partial charge on any atom is -0.396 e. The van der Waals surface area contributed by atoms with Crippen LogP contribution in [-0.4, -0.2) is 79.8 Å². The van der Waals surface area contributed by atoms with Crippen LogP contribution in [0.3, 0.4) is 0 Å². The molecule has 7 nitrogen and oxygen atoms in total. The van der Waals surface area contributed by atoms with Crippen LogP contribution in [0, 0.1) is 12.8 Å². The van der Waals surface area contributed by atoms with E-state index in [1.54, 1.807) is 4.90 Å². The number of aliphatic hydroxyl groups is 1. The lowest BCUT2D eigenvalue weighted by atomic mass is 10.0. The number of hydrogen-bond acceptors (Lipinski definition) is 4. The molecule has 7 heteroatoms. The number of aliphatic hydroxyl groups excluding tert-OH is 1. The van der Waals surface area contributed by atoms with Gasteiger partial charge in [-0.15, -0.1) is 0 Å². The summed E-state index contributed by atoms with van der Waals surface area (Å²) in [4.78, 5) is 31.0. The number of hydrogen-bond donors (Lipinski definition) is 2. The Bertz CT molecular complexity index is 706. The quantitative estimate of drug-likeness (QED) is 0.833. The zero-order valence-electron chi connectivity index (χ0n) is 16.4. The summed E-state index contributed by atoms with van der Waals surface area (Å²) in [7, 11) is 4.06. The standard InChI is InChI=1S/C20H30N4O3/c1-14-4-6-16(10-18(14)24-9-8-21-20(24)27)19(26)23-11-15(13-25)5-7-17(12-23)22(2)3/h4,6,10,15,17,25H,5,7-9,11-13H2,1-3H3,(H,21,27)/t15-,17+/m0/s1. The van der Waals surface area contributed by atoms with Gasteiger partial charge in [0.15, 0.2) is 0 Å². The maximum Gasteiger partial charge on any atom is 0.322 e. The number of likely N-dealkylation sites (tertiary alicyclic amines) is 1. The van der Waals surface area contributed by atoms with Gasteiger partial charge >= 0.3 is 6.03 Å². The summed E-state index contributed by atoms with van der Waals surface area (Å²) in [5, 5.41) is 12.5. The monoisotopic (exact) mass is 374 g/mol. The summed E-state index contributed by atoms with van der Waals surface area (Å²) < 4.78 is 0. The van der Waals surface area contributed by atoms with E-state index in [1.807, 2.05) is 44.1 Å². The number of nitrogens with zero attached hydrogens (tertiary/aromatic N) is 3. The van der Waals surface area contributed by atoms with Crippen molar-refractivity contribution in [3.05, 3.63) is 29.3 Å². The fourth-order valence-electron chi connectivity index (χ4n) is 3.90. The van der Waals surface area contributed by atoms with Crippen molar-refractivity contribution in [2.24, 2.45) is 5.92 Å². The van der Waals surface area contributed by atoms with Crippen molar-refractivity contribution >= 4 is 17.6 Å². The molecule has 1 aromatic rings. The number of benzene rings is 1. The first-order chi connectivity index (χ1) is 12.9. The Balaban J connectivity index is 1.86. The van der Waals surface area contributed by atoms with Crippen LogP contribution in [0.5, 0.6) is 0 Å². The van der Waals surface area contributed by atoms with Gasteiger partial charge in [0.25, 0.3) is 5.91 Å². The van der Waals surface area contributed by atoms with Gasteiger partial charge < -0.3 is 20.2 Å². The molecule has 2 N–H and O–H groups in total. The van der Waals surface area contributed by atoms with Gasteiger partial charge in [0.05, 0.1) is 0 Å². The lowest BCUT2D eigenvalue weighted by Gasteiger charge is -2.29. The van der Waals surface area contributed by atoms with Gasteiger partial charge in [-0.2, -0.15) is 0 Å². The molecule has 1 aromatic carbocycles. The summed E-state index contributed by atoms with van der Waals surface area (Å²) in [5.74, 6) is 0.0660. The summed E-state index contributed by atoms with van der Waals surface area (Å²) in [6.45, 7) is 4.48. The topological polar surface area (TPSA) is 76.1 Å². The van der Waals surface area contributed by atoms with Gasteiger partial charge in [-0.05, 0) is 57.5 Å². The van der Waals surface area contributed by atoms with Crippen LogP contribution < -0.4 is 10.2 Å².